The van der Waals surface area contributed by atoms with E-state index in [0.717, 1.165) is 77.5 Å². The molecule has 14 aromatic rings. The summed E-state index contributed by atoms with van der Waals surface area (Å²) in [6.45, 7) is 0. The summed E-state index contributed by atoms with van der Waals surface area (Å²) in [4.78, 5) is 15.0. The van der Waals surface area contributed by atoms with Gasteiger partial charge in [-0.15, -0.1) is 0 Å². The maximum absolute atomic E-state index is 7.46. The number of fused-ring (bicyclic) bond motifs is 11. The van der Waals surface area contributed by atoms with Crippen molar-refractivity contribution in [1.29, 1.82) is 0 Å². The third-order valence-corrected chi connectivity index (χ3v) is 14.8. The minimum absolute atomic E-state index is 0.548. The van der Waals surface area contributed by atoms with E-state index in [1.54, 1.807) is 0 Å². The van der Waals surface area contributed by atoms with Gasteiger partial charge < -0.3 is 4.42 Å². The van der Waals surface area contributed by atoms with Crippen molar-refractivity contribution in [3.05, 3.63) is 271 Å². The first kappa shape index (κ1) is 40.3. The third kappa shape index (κ3) is 5.87. The van der Waals surface area contributed by atoms with E-state index in [1.165, 1.54) is 38.8 Å². The van der Waals surface area contributed by atoms with E-state index in [0.29, 0.717) is 17.5 Å². The number of benzene rings is 10. The maximum atomic E-state index is 7.46. The van der Waals surface area contributed by atoms with Gasteiger partial charge in [0.05, 0.1) is 27.2 Å². The molecule has 0 fully saturated rings. The van der Waals surface area contributed by atoms with Gasteiger partial charge in [-0.05, 0) is 98.8 Å². The van der Waals surface area contributed by atoms with E-state index < -0.39 is 5.41 Å². The SMILES string of the molecule is c1ccc(-c2nc(-c3ccccc3)nc(-c3ccc(-n4c5cc6ccccc6cc5c5c6c7ccccc7n(-c7ccc8c(c7)C(c7ccccc7)(c7ccccc7)c7ccccc7-8)c6oc54)cc3)n2)cc1. The maximum Gasteiger partial charge on any atom is 0.215 e. The van der Waals surface area contributed by atoms with Gasteiger partial charge in [0, 0.05) is 38.8 Å². The minimum Gasteiger partial charge on any atom is -0.422 e. The molecule has 336 valence electrons. The molecule has 1 aliphatic carbocycles. The van der Waals surface area contributed by atoms with Gasteiger partial charge in [0.15, 0.2) is 17.5 Å². The normalized spacial score (nSPS) is 12.8. The largest absolute Gasteiger partial charge is 0.422 e. The highest BCUT2D eigenvalue weighted by Gasteiger charge is 2.46. The highest BCUT2D eigenvalue weighted by Crippen LogP contribution is 2.57. The molecule has 0 amide bonds. The number of hydrogen-bond donors (Lipinski definition) is 0. The van der Waals surface area contributed by atoms with Crippen LogP contribution in [0.3, 0.4) is 0 Å². The van der Waals surface area contributed by atoms with Crippen molar-refractivity contribution in [2.24, 2.45) is 0 Å². The zero-order valence-corrected chi connectivity index (χ0v) is 38.8. The van der Waals surface area contributed by atoms with Crippen molar-refractivity contribution in [1.82, 2.24) is 24.1 Å². The predicted molar refractivity (Wildman–Crippen MR) is 292 cm³/mol. The topological polar surface area (TPSA) is 61.7 Å². The van der Waals surface area contributed by atoms with Gasteiger partial charge in [-0.2, -0.15) is 0 Å². The van der Waals surface area contributed by atoms with Gasteiger partial charge in [0.2, 0.25) is 11.4 Å². The van der Waals surface area contributed by atoms with Gasteiger partial charge in [-0.1, -0.05) is 194 Å². The first-order valence-corrected chi connectivity index (χ1v) is 24.4. The molecular weight excluding hydrogens is 879 g/mol. The van der Waals surface area contributed by atoms with Crippen LogP contribution >= 0.6 is 0 Å². The molecule has 72 heavy (non-hydrogen) atoms. The Morgan fingerprint density at radius 3 is 1.44 bits per heavy atom. The standard InChI is InChI=1S/C66H41N5O/c1-5-19-42(20-6-1)61-67-62(43-21-7-2-8-22-43)69-63(68-61)44-33-35-49(36-34-44)70-58-40-46-24-14-13-23-45(46)39-54(58)60-59-53-30-16-18-32-57(53)71(64(59)72-65(60)70)50-37-38-52-51-29-15-17-31-55(51)66(56(52)41-50,47-25-9-3-10-26-47)48-27-11-4-12-28-48/h1-41H. The van der Waals surface area contributed by atoms with Crippen molar-refractivity contribution in [2.75, 3.05) is 0 Å². The van der Waals surface area contributed by atoms with E-state index in [9.17, 15) is 0 Å². The molecule has 10 aromatic carbocycles. The summed E-state index contributed by atoms with van der Waals surface area (Å²) in [6.07, 6.45) is 0. The molecule has 0 atom stereocenters. The summed E-state index contributed by atoms with van der Waals surface area (Å²) in [5.74, 6) is 1.86. The van der Waals surface area contributed by atoms with Crippen molar-refractivity contribution in [3.8, 4) is 56.7 Å². The van der Waals surface area contributed by atoms with Crippen molar-refractivity contribution in [2.45, 2.75) is 5.41 Å². The Morgan fingerprint density at radius 1 is 0.333 bits per heavy atom. The molecule has 0 saturated carbocycles. The average molecular weight is 920 g/mol. The molecule has 0 radical (unpaired) electrons. The molecule has 1 aliphatic rings. The van der Waals surface area contributed by atoms with E-state index in [4.69, 9.17) is 19.4 Å². The molecule has 4 aromatic heterocycles. The summed E-state index contributed by atoms with van der Waals surface area (Å²) >= 11 is 0. The number of furan rings is 1. The summed E-state index contributed by atoms with van der Waals surface area (Å²) in [6, 6.07) is 88.6. The molecule has 0 unspecified atom stereocenters. The Kier molecular flexibility index (Phi) is 8.77. The van der Waals surface area contributed by atoms with Crippen molar-refractivity contribution in [3.63, 3.8) is 0 Å². The molecule has 0 aliphatic heterocycles. The Bertz CT molecular complexity index is 4320. The molecule has 0 N–H and O–H groups in total. The van der Waals surface area contributed by atoms with Crippen molar-refractivity contribution >= 4 is 54.8 Å². The van der Waals surface area contributed by atoms with Gasteiger partial charge in [0.1, 0.15) is 0 Å². The number of rotatable bonds is 7. The Labute approximate surface area is 414 Å². The molecular formula is C66H41N5O. The van der Waals surface area contributed by atoms with Crippen LogP contribution in [0.2, 0.25) is 0 Å². The van der Waals surface area contributed by atoms with Crippen LogP contribution in [0, 0.1) is 0 Å². The second-order valence-electron chi connectivity index (χ2n) is 18.7. The summed E-state index contributed by atoms with van der Waals surface area (Å²) in [5, 5.41) is 6.76. The van der Waals surface area contributed by atoms with E-state index in [-0.39, 0.29) is 0 Å². The quantitative estimate of drug-likeness (QED) is 0.160. The lowest BCUT2D eigenvalue weighted by molar-refractivity contribution is 0.624. The molecule has 0 spiro atoms. The number of hydrogen-bond acceptors (Lipinski definition) is 4. The van der Waals surface area contributed by atoms with Gasteiger partial charge in [-0.25, -0.2) is 15.0 Å². The van der Waals surface area contributed by atoms with Crippen LogP contribution in [0.1, 0.15) is 22.3 Å². The van der Waals surface area contributed by atoms with E-state index in [1.807, 2.05) is 60.7 Å². The number of nitrogens with zero attached hydrogens (tertiary/aromatic N) is 5. The van der Waals surface area contributed by atoms with Gasteiger partial charge in [0.25, 0.3) is 0 Å². The first-order valence-electron chi connectivity index (χ1n) is 24.4. The second kappa shape index (κ2) is 15.7. The summed E-state index contributed by atoms with van der Waals surface area (Å²) in [5.41, 5.74) is 15.4. The molecule has 0 bridgehead atoms. The van der Waals surface area contributed by atoms with Crippen molar-refractivity contribution < 1.29 is 4.42 Å². The highest BCUT2D eigenvalue weighted by molar-refractivity contribution is 6.29. The molecule has 6 nitrogen and oxygen atoms in total. The van der Waals surface area contributed by atoms with Crippen LogP contribution in [0.25, 0.3) is 111 Å². The van der Waals surface area contributed by atoms with Crippen LogP contribution < -0.4 is 0 Å². The molecule has 15 rings (SSSR count). The Hall–Kier alpha value is -9.65. The average Bonchev–Trinajstić information content (AvgIpc) is 4.17. The summed E-state index contributed by atoms with van der Waals surface area (Å²) < 4.78 is 12.1. The van der Waals surface area contributed by atoms with Crippen LogP contribution in [-0.4, -0.2) is 24.1 Å². The fourth-order valence-electron chi connectivity index (χ4n) is 11.7. The lowest BCUT2D eigenvalue weighted by Gasteiger charge is -2.34. The second-order valence-corrected chi connectivity index (χ2v) is 18.7. The monoisotopic (exact) mass is 919 g/mol. The fraction of sp³-hybridized carbons (Fsp3) is 0.0152. The smallest absolute Gasteiger partial charge is 0.215 e. The zero-order chi connectivity index (χ0) is 47.3. The van der Waals surface area contributed by atoms with E-state index >= 15 is 0 Å². The van der Waals surface area contributed by atoms with Gasteiger partial charge >= 0.3 is 0 Å². The Balaban J connectivity index is 0.959. The summed E-state index contributed by atoms with van der Waals surface area (Å²) in [7, 11) is 0. The van der Waals surface area contributed by atoms with Crippen LogP contribution in [-0.2, 0) is 5.41 Å². The zero-order valence-electron chi connectivity index (χ0n) is 38.8. The molecule has 0 saturated heterocycles. The van der Waals surface area contributed by atoms with E-state index in [2.05, 4.69) is 197 Å². The predicted octanol–water partition coefficient (Wildman–Crippen LogP) is 16.2. The molecule has 6 heteroatoms. The Morgan fingerprint density at radius 2 is 0.806 bits per heavy atom. The lowest BCUT2D eigenvalue weighted by Crippen LogP contribution is -2.28. The van der Waals surface area contributed by atoms with Crippen LogP contribution in [0.15, 0.2) is 253 Å². The number of aromatic nitrogens is 5. The lowest BCUT2D eigenvalue weighted by atomic mass is 9.67. The minimum atomic E-state index is -0.548. The van der Waals surface area contributed by atoms with Crippen LogP contribution in [0.4, 0.5) is 0 Å². The first-order chi connectivity index (χ1) is 35.7. The molecule has 4 heterocycles. The third-order valence-electron chi connectivity index (χ3n) is 14.8. The number of para-hydroxylation sites is 1. The van der Waals surface area contributed by atoms with Gasteiger partial charge in [-0.3, -0.25) is 9.13 Å². The fourth-order valence-corrected chi connectivity index (χ4v) is 11.7. The van der Waals surface area contributed by atoms with Crippen LogP contribution in [0.5, 0.6) is 0 Å². The highest BCUT2D eigenvalue weighted by atomic mass is 16.4.